The molecule has 0 aromatic heterocycles. The van der Waals surface area contributed by atoms with Crippen LogP contribution in [0.3, 0.4) is 0 Å². The first-order valence-corrected chi connectivity index (χ1v) is 7.66. The molecule has 1 aromatic rings. The molecule has 0 saturated heterocycles. The normalized spacial score (nSPS) is 14.8. The minimum absolute atomic E-state index is 0.0603. The van der Waals surface area contributed by atoms with Gasteiger partial charge in [-0.05, 0) is 44.9 Å². The van der Waals surface area contributed by atoms with Crippen molar-refractivity contribution < 1.29 is 23.4 Å². The lowest BCUT2D eigenvalue weighted by Crippen LogP contribution is -2.35. The van der Waals surface area contributed by atoms with Crippen molar-refractivity contribution >= 4 is 16.0 Å². The number of carboxylic acid groups (broad SMARTS) is 1. The Morgan fingerprint density at radius 2 is 1.95 bits per heavy atom. The molecule has 112 valence electrons. The molecule has 2 unspecified atom stereocenters. The first-order chi connectivity index (χ1) is 9.13. The fourth-order valence-electron chi connectivity index (χ4n) is 1.91. The van der Waals surface area contributed by atoms with Crippen molar-refractivity contribution in [2.45, 2.75) is 44.2 Å². The summed E-state index contributed by atoms with van der Waals surface area (Å²) in [7, 11) is -3.82. The summed E-state index contributed by atoms with van der Waals surface area (Å²) in [5, 5.41) is 18.2. The second kappa shape index (κ2) is 6.34. The number of sulfonamides is 1. The first-order valence-electron chi connectivity index (χ1n) is 6.18. The van der Waals surface area contributed by atoms with Gasteiger partial charge in [-0.25, -0.2) is 17.9 Å². The van der Waals surface area contributed by atoms with Crippen molar-refractivity contribution in [1.82, 2.24) is 4.72 Å². The van der Waals surface area contributed by atoms with E-state index in [0.717, 1.165) is 6.07 Å². The summed E-state index contributed by atoms with van der Waals surface area (Å²) in [4.78, 5) is 10.9. The fraction of sp³-hybridized carbons (Fsp3) is 0.462. The Hall–Kier alpha value is -1.44. The van der Waals surface area contributed by atoms with Gasteiger partial charge in [-0.3, -0.25) is 0 Å². The molecule has 1 aromatic carbocycles. The van der Waals surface area contributed by atoms with Crippen molar-refractivity contribution in [3.63, 3.8) is 0 Å². The van der Waals surface area contributed by atoms with Gasteiger partial charge in [0.1, 0.15) is 0 Å². The predicted molar refractivity (Wildman–Crippen MR) is 74.2 cm³/mol. The third kappa shape index (κ3) is 4.29. The van der Waals surface area contributed by atoms with E-state index < -0.39 is 28.1 Å². The van der Waals surface area contributed by atoms with Gasteiger partial charge in [0.25, 0.3) is 0 Å². The van der Waals surface area contributed by atoms with Crippen molar-refractivity contribution in [3.05, 3.63) is 29.3 Å². The van der Waals surface area contributed by atoms with Crippen LogP contribution in [0.1, 0.15) is 36.2 Å². The topological polar surface area (TPSA) is 104 Å². The first kappa shape index (κ1) is 16.6. The largest absolute Gasteiger partial charge is 0.478 e. The van der Waals surface area contributed by atoms with Crippen molar-refractivity contribution in [2.24, 2.45) is 0 Å². The Morgan fingerprint density at radius 1 is 1.35 bits per heavy atom. The number of rotatable bonds is 6. The van der Waals surface area contributed by atoms with Gasteiger partial charge in [-0.1, -0.05) is 6.07 Å². The Morgan fingerprint density at radius 3 is 2.45 bits per heavy atom. The number of hydrogen-bond acceptors (Lipinski definition) is 4. The highest BCUT2D eigenvalue weighted by atomic mass is 32.2. The van der Waals surface area contributed by atoms with E-state index in [4.69, 9.17) is 5.11 Å². The van der Waals surface area contributed by atoms with Gasteiger partial charge in [-0.2, -0.15) is 0 Å². The summed E-state index contributed by atoms with van der Waals surface area (Å²) in [6.45, 7) is 4.81. The number of carbonyl (C=O) groups is 1. The molecule has 0 aliphatic heterocycles. The van der Waals surface area contributed by atoms with Gasteiger partial charge >= 0.3 is 5.97 Å². The van der Waals surface area contributed by atoms with Crippen LogP contribution < -0.4 is 4.72 Å². The Bertz CT molecular complexity index is 595. The minimum atomic E-state index is -3.82. The number of aliphatic hydroxyl groups excluding tert-OH is 1. The van der Waals surface area contributed by atoms with E-state index in [2.05, 4.69) is 4.72 Å². The van der Waals surface area contributed by atoms with Crippen LogP contribution in [0.25, 0.3) is 0 Å². The molecule has 2 atom stereocenters. The number of aryl methyl sites for hydroxylation is 1. The molecule has 0 saturated carbocycles. The highest BCUT2D eigenvalue weighted by molar-refractivity contribution is 7.89. The van der Waals surface area contributed by atoms with Crippen molar-refractivity contribution in [3.8, 4) is 0 Å². The molecule has 7 heteroatoms. The fourth-order valence-corrected chi connectivity index (χ4v) is 3.44. The lowest BCUT2D eigenvalue weighted by molar-refractivity contribution is 0.0696. The molecule has 3 N–H and O–H groups in total. The standard InChI is InChI=1S/C13H19NO5S/c1-8-4-5-11(13(16)17)7-12(8)20(18,19)14-9(2)6-10(3)15/h4-5,7,9-10,14-15H,6H2,1-3H3,(H,16,17). The summed E-state index contributed by atoms with van der Waals surface area (Å²) in [6.07, 6.45) is -0.351. The number of aliphatic hydroxyl groups is 1. The van der Waals surface area contributed by atoms with E-state index in [9.17, 15) is 18.3 Å². The monoisotopic (exact) mass is 301 g/mol. The molecule has 0 amide bonds. The molecule has 0 heterocycles. The summed E-state index contributed by atoms with van der Waals surface area (Å²) in [6, 6.07) is 3.50. The summed E-state index contributed by atoms with van der Waals surface area (Å²) < 4.78 is 26.9. The number of carboxylic acids is 1. The SMILES string of the molecule is Cc1ccc(C(=O)O)cc1S(=O)(=O)NC(C)CC(C)O. The quantitative estimate of drug-likeness (QED) is 0.730. The number of hydrogen-bond donors (Lipinski definition) is 3. The highest BCUT2D eigenvalue weighted by Gasteiger charge is 2.21. The van der Waals surface area contributed by atoms with E-state index in [1.807, 2.05) is 0 Å². The van der Waals surface area contributed by atoms with Gasteiger partial charge in [0, 0.05) is 6.04 Å². The van der Waals surface area contributed by atoms with Gasteiger partial charge in [-0.15, -0.1) is 0 Å². The third-order valence-electron chi connectivity index (χ3n) is 2.78. The maximum atomic E-state index is 12.2. The third-order valence-corrected chi connectivity index (χ3v) is 4.51. The van der Waals surface area contributed by atoms with E-state index in [1.165, 1.54) is 12.1 Å². The van der Waals surface area contributed by atoms with Crippen molar-refractivity contribution in [2.75, 3.05) is 0 Å². The molecule has 0 aliphatic carbocycles. The summed E-state index contributed by atoms with van der Waals surface area (Å²) in [5.74, 6) is -1.18. The lowest BCUT2D eigenvalue weighted by Gasteiger charge is -2.17. The average Bonchev–Trinajstić information content (AvgIpc) is 2.26. The van der Waals surface area contributed by atoms with Gasteiger partial charge < -0.3 is 10.2 Å². The lowest BCUT2D eigenvalue weighted by atomic mass is 10.1. The van der Waals surface area contributed by atoms with Crippen molar-refractivity contribution in [1.29, 1.82) is 0 Å². The molecule has 0 bridgehead atoms. The Labute approximate surface area is 118 Å². The molecule has 0 spiro atoms. The average molecular weight is 301 g/mol. The van der Waals surface area contributed by atoms with Crippen LogP contribution in [0.15, 0.2) is 23.1 Å². The van der Waals surface area contributed by atoms with Gasteiger partial charge in [0.05, 0.1) is 16.6 Å². The van der Waals surface area contributed by atoms with Crippen LogP contribution in [0.4, 0.5) is 0 Å². The molecule has 1 rings (SSSR count). The van der Waals surface area contributed by atoms with Crippen LogP contribution in [-0.2, 0) is 10.0 Å². The van der Waals surface area contributed by atoms with E-state index in [0.29, 0.717) is 5.56 Å². The van der Waals surface area contributed by atoms with Gasteiger partial charge in [0.2, 0.25) is 10.0 Å². The van der Waals surface area contributed by atoms with E-state index >= 15 is 0 Å². The predicted octanol–water partition coefficient (Wildman–Crippen LogP) is 1.13. The molecular formula is C13H19NO5S. The molecule has 0 aliphatic rings. The van der Waals surface area contributed by atoms with Crippen LogP contribution in [0.2, 0.25) is 0 Å². The highest BCUT2D eigenvalue weighted by Crippen LogP contribution is 2.18. The minimum Gasteiger partial charge on any atom is -0.478 e. The molecular weight excluding hydrogens is 282 g/mol. The van der Waals surface area contributed by atoms with Crippen LogP contribution >= 0.6 is 0 Å². The second-order valence-electron chi connectivity index (χ2n) is 4.89. The smallest absolute Gasteiger partial charge is 0.335 e. The maximum absolute atomic E-state index is 12.2. The number of benzene rings is 1. The zero-order valence-corrected chi connectivity index (χ0v) is 12.4. The van der Waals surface area contributed by atoms with Crippen LogP contribution in [0, 0.1) is 6.92 Å². The maximum Gasteiger partial charge on any atom is 0.335 e. The molecule has 0 fully saturated rings. The second-order valence-corrected chi connectivity index (χ2v) is 6.57. The zero-order chi connectivity index (χ0) is 15.5. The summed E-state index contributed by atoms with van der Waals surface area (Å²) in [5.41, 5.74) is 0.380. The number of aromatic carboxylic acids is 1. The van der Waals surface area contributed by atoms with E-state index in [1.54, 1.807) is 20.8 Å². The van der Waals surface area contributed by atoms with Crippen LogP contribution in [-0.4, -0.2) is 36.7 Å². The summed E-state index contributed by atoms with van der Waals surface area (Å²) >= 11 is 0. The Kier molecular flexibility index (Phi) is 5.27. The molecule has 6 nitrogen and oxygen atoms in total. The van der Waals surface area contributed by atoms with Gasteiger partial charge in [0.15, 0.2) is 0 Å². The van der Waals surface area contributed by atoms with E-state index in [-0.39, 0.29) is 16.9 Å². The zero-order valence-electron chi connectivity index (χ0n) is 11.6. The Balaban J connectivity index is 3.09. The number of nitrogens with one attached hydrogen (secondary N) is 1. The molecule has 20 heavy (non-hydrogen) atoms. The van der Waals surface area contributed by atoms with Crippen LogP contribution in [0.5, 0.6) is 0 Å². The molecule has 0 radical (unpaired) electrons.